The van der Waals surface area contributed by atoms with E-state index in [2.05, 4.69) is 16.0 Å². The summed E-state index contributed by atoms with van der Waals surface area (Å²) in [7, 11) is 0. The Kier molecular flexibility index (Phi) is 2.24. The van der Waals surface area contributed by atoms with Crippen molar-refractivity contribution in [2.24, 2.45) is 0 Å². The van der Waals surface area contributed by atoms with Crippen molar-refractivity contribution in [3.05, 3.63) is 47.7 Å². The average Bonchev–Trinajstić information content (AvgIpc) is 3.00. The fraction of sp³-hybridized carbons (Fsp3) is 0.200. The van der Waals surface area contributed by atoms with Gasteiger partial charge in [-0.1, -0.05) is 18.2 Å². The molecule has 1 aliphatic heterocycles. The summed E-state index contributed by atoms with van der Waals surface area (Å²) in [6.07, 6.45) is 1.79. The fourth-order valence-corrected chi connectivity index (χ4v) is 2.79. The molecule has 5 heteroatoms. The first-order valence-corrected chi connectivity index (χ1v) is 6.56. The standard InChI is InChI=1S/C15H14N4O/c1-9-6-7-17-14-13(9)18-15(16)19(14)11-8-20-12-5-3-2-4-10(11)12/h2-7,11H,8H2,1H3,(H2,16,18). The summed E-state index contributed by atoms with van der Waals surface area (Å²) in [4.78, 5) is 8.90. The number of aryl methyl sites for hydroxylation is 1. The molecule has 0 saturated heterocycles. The summed E-state index contributed by atoms with van der Waals surface area (Å²) < 4.78 is 7.70. The maximum Gasteiger partial charge on any atom is 0.203 e. The van der Waals surface area contributed by atoms with E-state index < -0.39 is 0 Å². The number of pyridine rings is 1. The van der Waals surface area contributed by atoms with Crippen LogP contribution in [0.15, 0.2) is 36.5 Å². The number of anilines is 1. The molecule has 1 unspecified atom stereocenters. The van der Waals surface area contributed by atoms with Gasteiger partial charge >= 0.3 is 0 Å². The van der Waals surface area contributed by atoms with Gasteiger partial charge in [-0.3, -0.25) is 4.57 Å². The van der Waals surface area contributed by atoms with Gasteiger partial charge in [-0.05, 0) is 24.6 Å². The Labute approximate surface area is 116 Å². The molecular formula is C15H14N4O. The molecule has 1 aliphatic rings. The third kappa shape index (κ3) is 1.43. The van der Waals surface area contributed by atoms with Gasteiger partial charge in [0.1, 0.15) is 23.9 Å². The SMILES string of the molecule is Cc1ccnc2c1nc(N)n2C1COc2ccccc21. The van der Waals surface area contributed by atoms with Crippen LogP contribution in [-0.2, 0) is 0 Å². The van der Waals surface area contributed by atoms with Crippen LogP contribution in [0.25, 0.3) is 11.2 Å². The number of hydrogen-bond donors (Lipinski definition) is 1. The lowest BCUT2D eigenvalue weighted by Crippen LogP contribution is -2.15. The molecule has 20 heavy (non-hydrogen) atoms. The smallest absolute Gasteiger partial charge is 0.203 e. The van der Waals surface area contributed by atoms with E-state index in [9.17, 15) is 0 Å². The number of ether oxygens (including phenoxy) is 1. The van der Waals surface area contributed by atoms with Gasteiger partial charge in [0.15, 0.2) is 5.65 Å². The van der Waals surface area contributed by atoms with E-state index in [4.69, 9.17) is 10.5 Å². The third-order valence-corrected chi connectivity index (χ3v) is 3.79. The van der Waals surface area contributed by atoms with Gasteiger partial charge in [0.25, 0.3) is 0 Å². The number of fused-ring (bicyclic) bond motifs is 2. The van der Waals surface area contributed by atoms with Crippen LogP contribution >= 0.6 is 0 Å². The number of nitrogens with zero attached hydrogens (tertiary/aromatic N) is 3. The molecule has 1 aromatic carbocycles. The molecule has 0 aliphatic carbocycles. The van der Waals surface area contributed by atoms with E-state index in [1.807, 2.05) is 35.8 Å². The Morgan fingerprint density at radius 1 is 1.30 bits per heavy atom. The molecule has 0 amide bonds. The number of para-hydroxylation sites is 1. The van der Waals surface area contributed by atoms with Gasteiger partial charge in [0, 0.05) is 11.8 Å². The minimum Gasteiger partial charge on any atom is -0.491 e. The van der Waals surface area contributed by atoms with Crippen molar-refractivity contribution in [3.8, 4) is 5.75 Å². The molecule has 5 nitrogen and oxygen atoms in total. The normalized spacial score (nSPS) is 17.1. The predicted octanol–water partition coefficient (Wildman–Crippen LogP) is 2.30. The minimum atomic E-state index is 0.0329. The Bertz CT molecular complexity index is 809. The number of nitrogens with two attached hydrogens (primary N) is 1. The Hall–Kier alpha value is -2.56. The highest BCUT2D eigenvalue weighted by atomic mass is 16.5. The highest BCUT2D eigenvalue weighted by Crippen LogP contribution is 2.37. The van der Waals surface area contributed by atoms with Gasteiger partial charge in [0.05, 0.1) is 0 Å². The molecule has 2 N–H and O–H groups in total. The van der Waals surface area contributed by atoms with Crippen LogP contribution in [0.4, 0.5) is 5.95 Å². The number of aromatic nitrogens is 3. The fourth-order valence-electron chi connectivity index (χ4n) is 2.79. The maximum atomic E-state index is 6.12. The van der Waals surface area contributed by atoms with Crippen molar-refractivity contribution < 1.29 is 4.74 Å². The van der Waals surface area contributed by atoms with Crippen molar-refractivity contribution >= 4 is 17.1 Å². The first-order valence-electron chi connectivity index (χ1n) is 6.56. The topological polar surface area (TPSA) is 66.0 Å². The summed E-state index contributed by atoms with van der Waals surface area (Å²) in [5.74, 6) is 1.39. The van der Waals surface area contributed by atoms with E-state index >= 15 is 0 Å². The largest absolute Gasteiger partial charge is 0.491 e. The van der Waals surface area contributed by atoms with Crippen molar-refractivity contribution in [1.82, 2.24) is 14.5 Å². The lowest BCUT2D eigenvalue weighted by Gasteiger charge is -2.13. The first kappa shape index (κ1) is 11.3. The van der Waals surface area contributed by atoms with Gasteiger partial charge < -0.3 is 10.5 Å². The Balaban J connectivity index is 1.96. The van der Waals surface area contributed by atoms with Crippen LogP contribution < -0.4 is 10.5 Å². The van der Waals surface area contributed by atoms with E-state index in [0.29, 0.717) is 12.6 Å². The second-order valence-corrected chi connectivity index (χ2v) is 5.00. The number of benzene rings is 1. The summed E-state index contributed by atoms with van der Waals surface area (Å²) in [6, 6.07) is 9.99. The molecule has 100 valence electrons. The Morgan fingerprint density at radius 2 is 2.15 bits per heavy atom. The van der Waals surface area contributed by atoms with Crippen LogP contribution in [0.5, 0.6) is 5.75 Å². The molecule has 2 aromatic heterocycles. The summed E-state index contributed by atoms with van der Waals surface area (Å²) in [5, 5.41) is 0. The van der Waals surface area contributed by atoms with Crippen molar-refractivity contribution in [3.63, 3.8) is 0 Å². The minimum absolute atomic E-state index is 0.0329. The number of imidazole rings is 1. The van der Waals surface area contributed by atoms with E-state index in [1.165, 1.54) is 0 Å². The van der Waals surface area contributed by atoms with Crippen molar-refractivity contribution in [2.45, 2.75) is 13.0 Å². The molecule has 4 rings (SSSR count). The third-order valence-electron chi connectivity index (χ3n) is 3.79. The highest BCUT2D eigenvalue weighted by Gasteiger charge is 2.28. The summed E-state index contributed by atoms with van der Waals surface area (Å²) >= 11 is 0. The number of nitrogen functional groups attached to an aromatic ring is 1. The lowest BCUT2D eigenvalue weighted by molar-refractivity contribution is 0.319. The van der Waals surface area contributed by atoms with Gasteiger partial charge in [-0.2, -0.15) is 0 Å². The van der Waals surface area contributed by atoms with E-state index in [0.717, 1.165) is 28.0 Å². The van der Waals surface area contributed by atoms with Crippen molar-refractivity contribution in [1.29, 1.82) is 0 Å². The van der Waals surface area contributed by atoms with Crippen LogP contribution in [0.2, 0.25) is 0 Å². The second kappa shape index (κ2) is 3.96. The van der Waals surface area contributed by atoms with Crippen LogP contribution in [0.1, 0.15) is 17.2 Å². The molecule has 1 atom stereocenters. The summed E-state index contributed by atoms with van der Waals surface area (Å²) in [6.45, 7) is 2.57. The number of hydrogen-bond acceptors (Lipinski definition) is 4. The average molecular weight is 266 g/mol. The molecule has 0 spiro atoms. The van der Waals surface area contributed by atoms with E-state index in [1.54, 1.807) is 6.20 Å². The highest BCUT2D eigenvalue weighted by molar-refractivity contribution is 5.78. The predicted molar refractivity (Wildman–Crippen MR) is 76.8 cm³/mol. The molecule has 3 heterocycles. The zero-order valence-electron chi connectivity index (χ0n) is 11.1. The van der Waals surface area contributed by atoms with Gasteiger partial charge in [0.2, 0.25) is 5.95 Å². The summed E-state index contributed by atoms with van der Waals surface area (Å²) in [5.41, 5.74) is 9.99. The van der Waals surface area contributed by atoms with E-state index in [-0.39, 0.29) is 6.04 Å². The van der Waals surface area contributed by atoms with Crippen molar-refractivity contribution in [2.75, 3.05) is 12.3 Å². The zero-order valence-corrected chi connectivity index (χ0v) is 11.1. The zero-order chi connectivity index (χ0) is 13.7. The van der Waals surface area contributed by atoms with Crippen LogP contribution in [0.3, 0.4) is 0 Å². The van der Waals surface area contributed by atoms with Crippen LogP contribution in [-0.4, -0.2) is 21.1 Å². The second-order valence-electron chi connectivity index (χ2n) is 5.00. The first-order chi connectivity index (χ1) is 9.75. The van der Waals surface area contributed by atoms with Crippen LogP contribution in [0, 0.1) is 6.92 Å². The number of rotatable bonds is 1. The molecule has 0 saturated carbocycles. The van der Waals surface area contributed by atoms with Gasteiger partial charge in [-0.25, -0.2) is 9.97 Å². The maximum absolute atomic E-state index is 6.12. The molecular weight excluding hydrogens is 252 g/mol. The van der Waals surface area contributed by atoms with Gasteiger partial charge in [-0.15, -0.1) is 0 Å². The Morgan fingerprint density at radius 3 is 3.05 bits per heavy atom. The monoisotopic (exact) mass is 266 g/mol. The lowest BCUT2D eigenvalue weighted by atomic mass is 10.1. The molecule has 0 radical (unpaired) electrons. The molecule has 0 bridgehead atoms. The quantitative estimate of drug-likeness (QED) is 0.734. The molecule has 3 aromatic rings. The molecule has 0 fully saturated rings.